The molecule has 0 aromatic carbocycles. The topological polar surface area (TPSA) is 74.7 Å². The lowest BCUT2D eigenvalue weighted by Crippen LogP contribution is -1.91. The zero-order valence-corrected chi connectivity index (χ0v) is 7.73. The van der Waals surface area contributed by atoms with E-state index in [1.165, 1.54) is 0 Å². The molecule has 5 nitrogen and oxygen atoms in total. The Morgan fingerprint density at radius 1 is 1.29 bits per heavy atom. The number of aliphatic hydroxyl groups is 1. The summed E-state index contributed by atoms with van der Waals surface area (Å²) in [4.78, 5) is 15.2. The Bertz CT molecular complexity index is 438. The third-order valence-corrected chi connectivity index (χ3v) is 1.91. The average Bonchev–Trinajstić information content (AvgIpc) is 2.67. The summed E-state index contributed by atoms with van der Waals surface area (Å²) >= 11 is 0. The number of aryl methyl sites for hydroxylation is 1. The van der Waals surface area contributed by atoms with Crippen LogP contribution in [0.25, 0.3) is 11.4 Å². The molecule has 0 aliphatic rings. The van der Waals surface area contributed by atoms with Gasteiger partial charge in [-0.25, -0.2) is 4.98 Å². The summed E-state index contributed by atoms with van der Waals surface area (Å²) in [5.74, 6) is 0.532. The largest absolute Gasteiger partial charge is 0.388 e. The lowest BCUT2D eigenvalue weighted by atomic mass is 10.2. The molecule has 0 amide bonds. The summed E-state index contributed by atoms with van der Waals surface area (Å²) < 4.78 is 0. The van der Waals surface area contributed by atoms with Crippen LogP contribution >= 0.6 is 0 Å². The van der Waals surface area contributed by atoms with Gasteiger partial charge in [-0.2, -0.15) is 0 Å². The summed E-state index contributed by atoms with van der Waals surface area (Å²) in [6.45, 7) is 1.78. The van der Waals surface area contributed by atoms with Crippen LogP contribution in [0.4, 0.5) is 0 Å². The highest BCUT2D eigenvalue weighted by molar-refractivity contribution is 5.55. The Balaban J connectivity index is 2.44. The van der Waals surface area contributed by atoms with Gasteiger partial charge < -0.3 is 10.1 Å². The summed E-state index contributed by atoms with van der Waals surface area (Å²) in [7, 11) is 0. The highest BCUT2D eigenvalue weighted by Gasteiger charge is 2.06. The molecule has 0 fully saturated rings. The highest BCUT2D eigenvalue weighted by Crippen LogP contribution is 2.16. The van der Waals surface area contributed by atoms with E-state index in [2.05, 4.69) is 19.9 Å². The SMILES string of the molecule is Cc1nccnc1-c1cnc(CO)[nH]1. The molecule has 0 radical (unpaired) electrons. The summed E-state index contributed by atoms with van der Waals surface area (Å²) in [5.41, 5.74) is 2.37. The molecule has 2 rings (SSSR count). The van der Waals surface area contributed by atoms with Crippen LogP contribution in [0.15, 0.2) is 18.6 Å². The number of hydrogen-bond donors (Lipinski definition) is 2. The monoisotopic (exact) mass is 190 g/mol. The van der Waals surface area contributed by atoms with Gasteiger partial charge in [0.1, 0.15) is 18.1 Å². The number of nitrogens with one attached hydrogen (secondary N) is 1. The number of aromatic nitrogens is 4. The molecule has 2 N–H and O–H groups in total. The van der Waals surface area contributed by atoms with Crippen molar-refractivity contribution in [2.75, 3.05) is 0 Å². The lowest BCUT2D eigenvalue weighted by Gasteiger charge is -1.98. The molecule has 2 aromatic heterocycles. The van der Waals surface area contributed by atoms with E-state index in [1.807, 2.05) is 6.92 Å². The van der Waals surface area contributed by atoms with Crippen LogP contribution in [0.2, 0.25) is 0 Å². The minimum Gasteiger partial charge on any atom is -0.388 e. The molecular weight excluding hydrogens is 180 g/mol. The molecule has 2 aromatic rings. The molecule has 0 aliphatic heterocycles. The molecule has 0 aliphatic carbocycles. The second-order valence-electron chi connectivity index (χ2n) is 2.89. The van der Waals surface area contributed by atoms with Crippen molar-refractivity contribution in [1.82, 2.24) is 19.9 Å². The number of aliphatic hydroxyl groups excluding tert-OH is 1. The quantitative estimate of drug-likeness (QED) is 0.729. The molecule has 0 spiro atoms. The number of imidazole rings is 1. The van der Waals surface area contributed by atoms with Crippen LogP contribution in [0.5, 0.6) is 0 Å². The zero-order chi connectivity index (χ0) is 9.97. The predicted octanol–water partition coefficient (Wildman–Crippen LogP) is 0.667. The van der Waals surface area contributed by atoms with E-state index in [-0.39, 0.29) is 6.61 Å². The predicted molar refractivity (Wildman–Crippen MR) is 50.3 cm³/mol. The zero-order valence-electron chi connectivity index (χ0n) is 7.73. The van der Waals surface area contributed by atoms with Crippen molar-refractivity contribution >= 4 is 0 Å². The van der Waals surface area contributed by atoms with E-state index in [0.717, 1.165) is 17.1 Å². The average molecular weight is 190 g/mol. The van der Waals surface area contributed by atoms with Crippen molar-refractivity contribution in [1.29, 1.82) is 0 Å². The Morgan fingerprint density at radius 3 is 2.71 bits per heavy atom. The molecule has 0 saturated carbocycles. The van der Waals surface area contributed by atoms with Crippen LogP contribution in [-0.4, -0.2) is 25.0 Å². The van der Waals surface area contributed by atoms with E-state index in [9.17, 15) is 0 Å². The molecule has 14 heavy (non-hydrogen) atoms. The first kappa shape index (κ1) is 8.83. The Morgan fingerprint density at radius 2 is 2.07 bits per heavy atom. The van der Waals surface area contributed by atoms with E-state index in [1.54, 1.807) is 18.6 Å². The molecule has 72 valence electrons. The summed E-state index contributed by atoms with van der Waals surface area (Å²) in [6, 6.07) is 0. The third-order valence-electron chi connectivity index (χ3n) is 1.91. The number of nitrogens with zero attached hydrogens (tertiary/aromatic N) is 3. The smallest absolute Gasteiger partial charge is 0.132 e. The van der Waals surface area contributed by atoms with Crippen molar-refractivity contribution in [3.05, 3.63) is 30.1 Å². The number of aromatic amines is 1. The van der Waals surface area contributed by atoms with Gasteiger partial charge in [-0.3, -0.25) is 9.97 Å². The summed E-state index contributed by atoms with van der Waals surface area (Å²) in [6.07, 6.45) is 4.91. The normalized spacial score (nSPS) is 10.4. The van der Waals surface area contributed by atoms with Gasteiger partial charge in [0.05, 0.1) is 17.6 Å². The molecule has 5 heteroatoms. The fourth-order valence-corrected chi connectivity index (χ4v) is 1.24. The minimum absolute atomic E-state index is 0.0979. The standard InChI is InChI=1S/C9H10N4O/c1-6-9(11-3-2-10-6)7-4-12-8(5-14)13-7/h2-4,14H,5H2,1H3,(H,12,13). The molecule has 0 saturated heterocycles. The molecule has 0 atom stereocenters. The van der Waals surface area contributed by atoms with Gasteiger partial charge in [-0.1, -0.05) is 0 Å². The van der Waals surface area contributed by atoms with Crippen LogP contribution in [0, 0.1) is 6.92 Å². The maximum atomic E-state index is 8.84. The lowest BCUT2D eigenvalue weighted by molar-refractivity contribution is 0.272. The second-order valence-corrected chi connectivity index (χ2v) is 2.89. The Hall–Kier alpha value is -1.75. The van der Waals surface area contributed by atoms with Crippen LogP contribution < -0.4 is 0 Å². The Kier molecular flexibility index (Phi) is 2.24. The van der Waals surface area contributed by atoms with Crippen molar-refractivity contribution in [3.8, 4) is 11.4 Å². The van der Waals surface area contributed by atoms with Crippen LogP contribution in [-0.2, 0) is 6.61 Å². The van der Waals surface area contributed by atoms with Crippen molar-refractivity contribution in [3.63, 3.8) is 0 Å². The fourth-order valence-electron chi connectivity index (χ4n) is 1.24. The van der Waals surface area contributed by atoms with E-state index in [4.69, 9.17) is 5.11 Å². The van der Waals surface area contributed by atoms with Gasteiger partial charge >= 0.3 is 0 Å². The number of H-pyrrole nitrogens is 1. The van der Waals surface area contributed by atoms with Crippen molar-refractivity contribution < 1.29 is 5.11 Å². The molecule has 2 heterocycles. The van der Waals surface area contributed by atoms with Gasteiger partial charge in [0, 0.05) is 12.4 Å². The first-order valence-corrected chi connectivity index (χ1v) is 4.24. The van der Waals surface area contributed by atoms with Gasteiger partial charge in [-0.05, 0) is 6.92 Å². The molecule has 0 unspecified atom stereocenters. The fraction of sp³-hybridized carbons (Fsp3) is 0.222. The number of rotatable bonds is 2. The van der Waals surface area contributed by atoms with Gasteiger partial charge in [0.15, 0.2) is 0 Å². The van der Waals surface area contributed by atoms with E-state index in [0.29, 0.717) is 5.82 Å². The molecule has 0 bridgehead atoms. The number of hydrogen-bond acceptors (Lipinski definition) is 4. The minimum atomic E-state index is -0.0979. The van der Waals surface area contributed by atoms with Crippen molar-refractivity contribution in [2.24, 2.45) is 0 Å². The van der Waals surface area contributed by atoms with Gasteiger partial charge in [0.2, 0.25) is 0 Å². The summed E-state index contributed by atoms with van der Waals surface area (Å²) in [5, 5.41) is 8.84. The third kappa shape index (κ3) is 1.49. The molecular formula is C9H10N4O. The highest BCUT2D eigenvalue weighted by atomic mass is 16.3. The Labute approximate surface area is 80.9 Å². The maximum absolute atomic E-state index is 8.84. The van der Waals surface area contributed by atoms with Crippen LogP contribution in [0.1, 0.15) is 11.5 Å². The van der Waals surface area contributed by atoms with Gasteiger partial charge in [-0.15, -0.1) is 0 Å². The van der Waals surface area contributed by atoms with Crippen molar-refractivity contribution in [2.45, 2.75) is 13.5 Å². The van der Waals surface area contributed by atoms with E-state index < -0.39 is 0 Å². The first-order valence-electron chi connectivity index (χ1n) is 4.24. The van der Waals surface area contributed by atoms with Gasteiger partial charge in [0.25, 0.3) is 0 Å². The maximum Gasteiger partial charge on any atom is 0.132 e. The van der Waals surface area contributed by atoms with E-state index >= 15 is 0 Å². The second kappa shape index (κ2) is 3.55. The first-order chi connectivity index (χ1) is 6.81. The van der Waals surface area contributed by atoms with Crippen LogP contribution in [0.3, 0.4) is 0 Å².